The number of ether oxygens (including phenoxy) is 1. The van der Waals surface area contributed by atoms with Gasteiger partial charge in [-0.05, 0) is 168 Å². The number of thiophene rings is 4. The molecule has 0 atom stereocenters. The van der Waals surface area contributed by atoms with Crippen molar-refractivity contribution in [3.63, 3.8) is 0 Å². The predicted molar refractivity (Wildman–Crippen MR) is 636 cm³/mol. The number of fused-ring (bicyclic) bond motifs is 12. The second kappa shape index (κ2) is 39.5. The zero-order valence-corrected chi connectivity index (χ0v) is 83.4. The fraction of sp³-hybridized carbons (Fsp3) is 0. The van der Waals surface area contributed by atoms with Crippen molar-refractivity contribution in [1.29, 1.82) is 0 Å². The minimum absolute atomic E-state index is 0.914. The number of hydrogen-bond acceptors (Lipinski definition) is 5. The van der Waals surface area contributed by atoms with Crippen molar-refractivity contribution >= 4 is 142 Å². The van der Waals surface area contributed by atoms with Crippen molar-refractivity contribution in [2.75, 3.05) is 0 Å². The molecule has 4 aromatic heterocycles. The topological polar surface area (TPSA) is 9.23 Å². The maximum atomic E-state index is 6.36. The fourth-order valence-electron chi connectivity index (χ4n) is 21.7. The second-order valence-electron chi connectivity index (χ2n) is 37.3. The SMILES string of the molecule is c1ccc(-c2ccc(-c3sc(-c4ccccc4-c4ccccc4)c4ccccc34)cc2)cc1.c1ccc(-c2cccc(-c3sc(-c4c(-c5ccccc5)c5ccccc5c5ccccc45)c4ccccc34)c2)cc1.c1ccc(-c2cccc(-c3sc(-c4ccc5cccc6c5c4-c4ccccc4O6)c4ccccc34)c2)cc1.c1ccc(-c2cccc(-c3sc(-c4cccc5ccc6ccccc6c45)c4ccccc34)c2)cc1. The molecular weight excluding hydrogens is 1850 g/mol. The fourth-order valence-corrected chi connectivity index (χ4v) is 27.0. The first kappa shape index (κ1) is 89.3. The van der Waals surface area contributed by atoms with Gasteiger partial charge in [0.05, 0.1) is 0 Å². The van der Waals surface area contributed by atoms with Crippen molar-refractivity contribution in [3.05, 3.63) is 558 Å². The molecule has 0 N–H and O–H groups in total. The van der Waals surface area contributed by atoms with Gasteiger partial charge >= 0.3 is 0 Å². The normalized spacial score (nSPS) is 11.5. The molecule has 5 heterocycles. The minimum Gasteiger partial charge on any atom is -0.456 e. The van der Waals surface area contributed by atoms with E-state index in [1.165, 1.54) is 253 Å². The average molecular weight is 1940 g/mol. The van der Waals surface area contributed by atoms with Gasteiger partial charge < -0.3 is 4.74 Å². The molecule has 24 aromatic carbocycles. The summed E-state index contributed by atoms with van der Waals surface area (Å²) < 4.78 is 6.36. The van der Waals surface area contributed by atoms with Crippen LogP contribution in [0, 0.1) is 0 Å². The summed E-state index contributed by atoms with van der Waals surface area (Å²) in [6.07, 6.45) is 0. The highest BCUT2D eigenvalue weighted by atomic mass is 32.1. The van der Waals surface area contributed by atoms with Crippen LogP contribution in [0.3, 0.4) is 0 Å². The van der Waals surface area contributed by atoms with Crippen molar-refractivity contribution in [3.8, 4) is 173 Å². The zero-order valence-electron chi connectivity index (χ0n) is 80.2. The van der Waals surface area contributed by atoms with Gasteiger partial charge in [0.1, 0.15) is 11.5 Å². The first-order valence-electron chi connectivity index (χ1n) is 50.0. The Balaban J connectivity index is 0.0000000997. The molecule has 0 saturated heterocycles. The number of rotatable bonds is 14. The molecule has 690 valence electrons. The third-order valence-electron chi connectivity index (χ3n) is 28.6. The Bertz CT molecular complexity index is 9800. The lowest BCUT2D eigenvalue weighted by atomic mass is 9.86. The summed E-state index contributed by atoms with van der Waals surface area (Å²) >= 11 is 7.60. The molecule has 0 aliphatic carbocycles. The molecule has 147 heavy (non-hydrogen) atoms. The molecule has 0 unspecified atom stereocenters. The van der Waals surface area contributed by atoms with E-state index < -0.39 is 0 Å². The van der Waals surface area contributed by atoms with Crippen LogP contribution in [0.25, 0.3) is 258 Å². The number of hydrogen-bond donors (Lipinski definition) is 0. The van der Waals surface area contributed by atoms with Crippen LogP contribution >= 0.6 is 45.3 Å². The molecule has 0 bridgehead atoms. The van der Waals surface area contributed by atoms with Gasteiger partial charge in [0.15, 0.2) is 0 Å². The monoisotopic (exact) mass is 1940 g/mol. The summed E-state index contributed by atoms with van der Waals surface area (Å²) in [6, 6.07) is 201. The third kappa shape index (κ3) is 16.9. The van der Waals surface area contributed by atoms with E-state index in [4.69, 9.17) is 4.74 Å². The molecule has 5 heteroatoms. The van der Waals surface area contributed by atoms with Crippen LogP contribution in [0.5, 0.6) is 11.5 Å². The highest BCUT2D eigenvalue weighted by Gasteiger charge is 2.29. The number of benzene rings is 24. The maximum Gasteiger partial charge on any atom is 0.135 e. The van der Waals surface area contributed by atoms with Crippen molar-refractivity contribution in [2.45, 2.75) is 0 Å². The molecule has 0 radical (unpaired) electrons. The Morgan fingerprint density at radius 1 is 0.116 bits per heavy atom. The van der Waals surface area contributed by atoms with Crippen LogP contribution in [0.2, 0.25) is 0 Å². The Labute approximate surface area is 870 Å². The predicted octanol–water partition coefficient (Wildman–Crippen LogP) is 42.5. The molecular formula is C142H92OS4. The molecule has 0 amide bonds. The van der Waals surface area contributed by atoms with Gasteiger partial charge in [0, 0.05) is 121 Å². The molecule has 29 rings (SSSR count). The summed E-state index contributed by atoms with van der Waals surface area (Å²) in [5, 5.41) is 23.2. The van der Waals surface area contributed by atoms with Gasteiger partial charge in [-0.15, -0.1) is 45.3 Å². The standard InChI is InChI=1S/C40H26S.C36H22OS.C34H22S.C32H22S/c1-3-14-27(15-4-1)29-18-13-19-30(26-29)39-35-24-11-12-25-36(35)40(41-39)38-34-23-10-8-21-32(34)31-20-7-9-22-33(31)37(38)28-16-5-2-6-17-28;1-2-10-23(11-3-1)25-13-8-14-26(22-25)35-27-15-4-5-16-28(27)36(38-35)30-21-20-24-12-9-19-32-33(24)34(30)29-17-6-7-18-31(29)37-32;1-2-10-23(11-3-1)26-14-8-15-27(22-26)33-29-17-6-7-18-30(29)34(35-33)31-19-9-13-25-21-20-24-12-4-5-16-28(24)32(25)31;1-3-11-23(12-4-1)24-19-21-26(22-20-24)31-29-17-9-10-18-30(29)32(33-31)28-16-8-7-15-27(28)25-13-5-2-6-14-25/h1-26H;1-22H;1-22H;1-22H. The van der Waals surface area contributed by atoms with Crippen molar-refractivity contribution in [2.24, 2.45) is 0 Å². The van der Waals surface area contributed by atoms with Crippen molar-refractivity contribution in [1.82, 2.24) is 0 Å². The zero-order chi connectivity index (χ0) is 97.5. The second-order valence-corrected chi connectivity index (χ2v) is 41.3. The van der Waals surface area contributed by atoms with E-state index in [0.29, 0.717) is 0 Å². The van der Waals surface area contributed by atoms with Crippen LogP contribution in [0.1, 0.15) is 0 Å². The Morgan fingerprint density at radius 2 is 0.395 bits per heavy atom. The lowest BCUT2D eigenvalue weighted by Crippen LogP contribution is -1.98. The Hall–Kier alpha value is -17.8. The highest BCUT2D eigenvalue weighted by molar-refractivity contribution is 7.22. The van der Waals surface area contributed by atoms with Gasteiger partial charge in [-0.1, -0.05) is 528 Å². The largest absolute Gasteiger partial charge is 0.456 e. The van der Waals surface area contributed by atoms with Crippen LogP contribution in [-0.4, -0.2) is 0 Å². The molecule has 28 aromatic rings. The average Bonchev–Trinajstić information content (AvgIpc) is 1.71. The van der Waals surface area contributed by atoms with Gasteiger partial charge in [0.2, 0.25) is 0 Å². The summed E-state index contributed by atoms with van der Waals surface area (Å²) in [5.41, 5.74) is 27.6. The molecule has 0 saturated carbocycles. The van der Waals surface area contributed by atoms with E-state index in [-0.39, 0.29) is 0 Å². The third-order valence-corrected chi connectivity index (χ3v) is 33.8. The Morgan fingerprint density at radius 3 is 0.884 bits per heavy atom. The van der Waals surface area contributed by atoms with Gasteiger partial charge in [-0.2, -0.15) is 0 Å². The van der Waals surface area contributed by atoms with Gasteiger partial charge in [0.25, 0.3) is 0 Å². The van der Waals surface area contributed by atoms with Gasteiger partial charge in [-0.3, -0.25) is 0 Å². The van der Waals surface area contributed by atoms with Gasteiger partial charge in [-0.25, -0.2) is 0 Å². The van der Waals surface area contributed by atoms with Crippen LogP contribution in [-0.2, 0) is 0 Å². The highest BCUT2D eigenvalue weighted by Crippen LogP contribution is 2.58. The van der Waals surface area contributed by atoms with E-state index in [2.05, 4.69) is 552 Å². The number of para-hydroxylation sites is 1. The van der Waals surface area contributed by atoms with E-state index in [1.54, 1.807) is 0 Å². The van der Waals surface area contributed by atoms with Crippen LogP contribution in [0.15, 0.2) is 558 Å². The minimum atomic E-state index is 0.914. The quantitative estimate of drug-likeness (QED) is 0.0986. The summed E-state index contributed by atoms with van der Waals surface area (Å²) in [6.45, 7) is 0. The summed E-state index contributed by atoms with van der Waals surface area (Å²) in [7, 11) is 0. The smallest absolute Gasteiger partial charge is 0.135 e. The first-order valence-corrected chi connectivity index (χ1v) is 53.3. The van der Waals surface area contributed by atoms with Crippen molar-refractivity contribution < 1.29 is 4.74 Å². The molecule has 0 fully saturated rings. The van der Waals surface area contributed by atoms with E-state index in [0.717, 1.165) is 17.1 Å². The molecule has 0 spiro atoms. The summed E-state index contributed by atoms with van der Waals surface area (Å²) in [5.74, 6) is 1.84. The van der Waals surface area contributed by atoms with Crippen LogP contribution < -0.4 is 4.74 Å². The maximum absolute atomic E-state index is 6.36. The lowest BCUT2D eigenvalue weighted by molar-refractivity contribution is 0.487. The van der Waals surface area contributed by atoms with E-state index in [9.17, 15) is 0 Å². The molecule has 1 aliphatic heterocycles. The molecule has 1 aliphatic rings. The lowest BCUT2D eigenvalue weighted by Gasteiger charge is -2.23. The van der Waals surface area contributed by atoms with E-state index in [1.807, 2.05) is 51.4 Å². The van der Waals surface area contributed by atoms with E-state index >= 15 is 0 Å². The Kier molecular flexibility index (Phi) is 24.0. The first-order chi connectivity index (χ1) is 73.0. The summed E-state index contributed by atoms with van der Waals surface area (Å²) in [4.78, 5) is 10.5. The molecule has 1 nitrogen and oxygen atoms in total. The van der Waals surface area contributed by atoms with Crippen LogP contribution in [0.4, 0.5) is 0 Å².